The van der Waals surface area contributed by atoms with Gasteiger partial charge in [-0.15, -0.1) is 0 Å². The second-order valence-corrected chi connectivity index (χ2v) is 5.92. The van der Waals surface area contributed by atoms with Gasteiger partial charge in [0.15, 0.2) is 12.4 Å². The summed E-state index contributed by atoms with van der Waals surface area (Å²) in [5.41, 5.74) is 3.04. The van der Waals surface area contributed by atoms with Crippen LogP contribution in [0, 0.1) is 0 Å². The van der Waals surface area contributed by atoms with Gasteiger partial charge in [-0.25, -0.2) is 4.57 Å². The smallest absolute Gasteiger partial charge is 0.172 e. The van der Waals surface area contributed by atoms with Gasteiger partial charge in [0.1, 0.15) is 6.54 Å². The maximum Gasteiger partial charge on any atom is 0.172 e. The fourth-order valence-electron chi connectivity index (χ4n) is 2.85. The molecule has 0 aliphatic carbocycles. The van der Waals surface area contributed by atoms with Gasteiger partial charge >= 0.3 is 0 Å². The first-order chi connectivity index (χ1) is 9.81. The van der Waals surface area contributed by atoms with E-state index >= 15 is 0 Å². The van der Waals surface area contributed by atoms with E-state index < -0.39 is 0 Å². The summed E-state index contributed by atoms with van der Waals surface area (Å²) in [5.74, 6) is 0. The zero-order chi connectivity index (χ0) is 14.6. The minimum Gasteiger partial charge on any atom is -0.205 e. The van der Waals surface area contributed by atoms with Crippen molar-refractivity contribution < 1.29 is 4.57 Å². The highest BCUT2D eigenvalue weighted by atomic mass is 14.9. The summed E-state index contributed by atoms with van der Waals surface area (Å²) >= 11 is 0. The summed E-state index contributed by atoms with van der Waals surface area (Å²) in [6.07, 6.45) is 18.1. The molecule has 0 aliphatic heterocycles. The molecule has 20 heavy (non-hydrogen) atoms. The normalized spacial score (nSPS) is 10.9. The minimum atomic E-state index is 1.15. The monoisotopic (exact) mass is 276 g/mol. The van der Waals surface area contributed by atoms with Gasteiger partial charge in [0, 0.05) is 18.1 Å². The van der Waals surface area contributed by atoms with Crippen LogP contribution in [-0.4, -0.2) is 0 Å². The Morgan fingerprint density at radius 3 is 1.95 bits per heavy atom. The lowest BCUT2D eigenvalue weighted by Gasteiger charge is -2.05. The Bertz CT molecular complexity index is 357. The van der Waals surface area contributed by atoms with Gasteiger partial charge in [-0.05, 0) is 24.8 Å². The van der Waals surface area contributed by atoms with Crippen molar-refractivity contribution >= 4 is 0 Å². The van der Waals surface area contributed by atoms with E-state index in [0.29, 0.717) is 0 Å². The van der Waals surface area contributed by atoms with E-state index in [1.807, 2.05) is 0 Å². The topological polar surface area (TPSA) is 3.88 Å². The number of nitrogens with zero attached hydrogens (tertiary/aromatic N) is 1. The number of hydrogen-bond acceptors (Lipinski definition) is 0. The molecule has 0 aromatic carbocycles. The largest absolute Gasteiger partial charge is 0.205 e. The first-order valence-electron chi connectivity index (χ1n) is 8.82. The molecule has 1 heteroatoms. The predicted octanol–water partition coefficient (Wildman–Crippen LogP) is 5.24. The average molecular weight is 276 g/mol. The second kappa shape index (κ2) is 10.9. The summed E-state index contributed by atoms with van der Waals surface area (Å²) in [6.45, 7) is 7.98. The van der Waals surface area contributed by atoms with Crippen molar-refractivity contribution in [2.75, 3.05) is 0 Å². The van der Waals surface area contributed by atoms with Crippen LogP contribution in [0.1, 0.15) is 83.3 Å². The van der Waals surface area contributed by atoms with Crippen LogP contribution in [0.25, 0.3) is 0 Å². The highest BCUT2D eigenvalue weighted by Gasteiger charge is 2.06. The summed E-state index contributed by atoms with van der Waals surface area (Å²) in [6, 6.07) is 2.31. The minimum absolute atomic E-state index is 1.15. The molecule has 0 unspecified atom stereocenters. The molecule has 1 aromatic heterocycles. The fourth-order valence-corrected chi connectivity index (χ4v) is 2.85. The zero-order valence-electron chi connectivity index (χ0n) is 14.0. The molecule has 0 fully saturated rings. The number of hydrogen-bond donors (Lipinski definition) is 0. The third-order valence-electron chi connectivity index (χ3n) is 4.23. The summed E-state index contributed by atoms with van der Waals surface area (Å²) in [7, 11) is 0. The van der Waals surface area contributed by atoms with Crippen LogP contribution in [0.2, 0.25) is 0 Å². The Labute approximate surface area is 126 Å². The summed E-state index contributed by atoms with van der Waals surface area (Å²) in [5, 5.41) is 0. The molecule has 1 nitrogen and oxygen atoms in total. The molecule has 0 radical (unpaired) electrons. The molecule has 0 amide bonds. The maximum atomic E-state index is 2.38. The zero-order valence-corrected chi connectivity index (χ0v) is 14.0. The SMILES string of the molecule is CCCCCCCCCC[n+]1ccc(CC)c(CC)c1. The molecular weight excluding hydrogens is 242 g/mol. The molecule has 0 N–H and O–H groups in total. The number of aryl methyl sites for hydroxylation is 3. The molecule has 114 valence electrons. The molecule has 0 aliphatic rings. The Balaban J connectivity index is 2.18. The van der Waals surface area contributed by atoms with E-state index in [2.05, 4.69) is 43.8 Å². The molecule has 1 heterocycles. The summed E-state index contributed by atoms with van der Waals surface area (Å²) in [4.78, 5) is 0. The highest BCUT2D eigenvalue weighted by Crippen LogP contribution is 2.09. The van der Waals surface area contributed by atoms with Crippen LogP contribution in [0.15, 0.2) is 18.5 Å². The van der Waals surface area contributed by atoms with Crippen molar-refractivity contribution in [3.8, 4) is 0 Å². The maximum absolute atomic E-state index is 2.38. The Kier molecular flexibility index (Phi) is 9.36. The molecule has 1 aromatic rings. The highest BCUT2D eigenvalue weighted by molar-refractivity contribution is 5.20. The number of aromatic nitrogens is 1. The fraction of sp³-hybridized carbons (Fsp3) is 0.737. The first-order valence-corrected chi connectivity index (χ1v) is 8.82. The van der Waals surface area contributed by atoms with Gasteiger partial charge < -0.3 is 0 Å². The number of rotatable bonds is 11. The summed E-state index contributed by atoms with van der Waals surface area (Å²) < 4.78 is 2.38. The third kappa shape index (κ3) is 6.54. The molecule has 0 spiro atoms. The van der Waals surface area contributed by atoms with Crippen molar-refractivity contribution in [1.29, 1.82) is 0 Å². The molecule has 0 saturated carbocycles. The standard InChI is InChI=1S/C19H34N/c1-4-7-8-9-10-11-12-13-15-20-16-14-18(5-2)19(6-3)17-20/h14,16-17H,4-13,15H2,1-3H3/q+1. The average Bonchev–Trinajstić information content (AvgIpc) is 2.49. The Hall–Kier alpha value is -0.850. The van der Waals surface area contributed by atoms with E-state index in [1.165, 1.54) is 69.0 Å². The first kappa shape index (κ1) is 17.2. The van der Waals surface area contributed by atoms with Gasteiger partial charge in [0.05, 0.1) is 0 Å². The van der Waals surface area contributed by atoms with Gasteiger partial charge in [-0.1, -0.05) is 59.3 Å². The van der Waals surface area contributed by atoms with E-state index in [9.17, 15) is 0 Å². The lowest BCUT2D eigenvalue weighted by atomic mass is 10.1. The quantitative estimate of drug-likeness (QED) is 0.384. The van der Waals surface area contributed by atoms with E-state index in [0.717, 1.165) is 12.8 Å². The number of pyridine rings is 1. The van der Waals surface area contributed by atoms with Crippen molar-refractivity contribution in [1.82, 2.24) is 0 Å². The van der Waals surface area contributed by atoms with E-state index in [4.69, 9.17) is 0 Å². The Morgan fingerprint density at radius 2 is 1.35 bits per heavy atom. The van der Waals surface area contributed by atoms with Gasteiger partial charge in [0.25, 0.3) is 0 Å². The van der Waals surface area contributed by atoms with Gasteiger partial charge in [-0.2, -0.15) is 0 Å². The number of unbranched alkanes of at least 4 members (excludes halogenated alkanes) is 7. The Morgan fingerprint density at radius 1 is 0.750 bits per heavy atom. The van der Waals surface area contributed by atoms with Crippen molar-refractivity contribution in [2.45, 2.75) is 91.5 Å². The van der Waals surface area contributed by atoms with Crippen LogP contribution in [0.5, 0.6) is 0 Å². The van der Waals surface area contributed by atoms with Crippen LogP contribution in [-0.2, 0) is 19.4 Å². The van der Waals surface area contributed by atoms with Crippen LogP contribution < -0.4 is 4.57 Å². The van der Waals surface area contributed by atoms with Gasteiger partial charge in [0.2, 0.25) is 0 Å². The molecular formula is C19H34N+. The van der Waals surface area contributed by atoms with Crippen molar-refractivity contribution in [3.05, 3.63) is 29.6 Å². The third-order valence-corrected chi connectivity index (χ3v) is 4.23. The van der Waals surface area contributed by atoms with Crippen molar-refractivity contribution in [3.63, 3.8) is 0 Å². The van der Waals surface area contributed by atoms with Crippen LogP contribution in [0.3, 0.4) is 0 Å². The molecule has 0 saturated heterocycles. The van der Waals surface area contributed by atoms with Crippen LogP contribution in [0.4, 0.5) is 0 Å². The lowest BCUT2D eigenvalue weighted by molar-refractivity contribution is -0.697. The van der Waals surface area contributed by atoms with Crippen LogP contribution >= 0.6 is 0 Å². The molecule has 0 atom stereocenters. The van der Waals surface area contributed by atoms with Crippen molar-refractivity contribution in [2.24, 2.45) is 0 Å². The lowest BCUT2D eigenvalue weighted by Crippen LogP contribution is -2.33. The van der Waals surface area contributed by atoms with E-state index in [1.54, 1.807) is 0 Å². The molecule has 0 bridgehead atoms. The molecule has 1 rings (SSSR count). The predicted molar refractivity (Wildman–Crippen MR) is 88.0 cm³/mol. The second-order valence-electron chi connectivity index (χ2n) is 5.92. The van der Waals surface area contributed by atoms with Gasteiger partial charge in [-0.3, -0.25) is 0 Å². The van der Waals surface area contributed by atoms with E-state index in [-0.39, 0.29) is 0 Å².